The summed E-state index contributed by atoms with van der Waals surface area (Å²) in [5, 5.41) is 0. The molecule has 19 heavy (non-hydrogen) atoms. The molecule has 0 radical (unpaired) electrons. The van der Waals surface area contributed by atoms with Gasteiger partial charge in [0.25, 0.3) is 5.91 Å². The van der Waals surface area contributed by atoms with Crippen LogP contribution in [0.5, 0.6) is 0 Å². The maximum absolute atomic E-state index is 12.4. The van der Waals surface area contributed by atoms with Crippen LogP contribution in [0.2, 0.25) is 0 Å². The number of piperidine rings is 1. The van der Waals surface area contributed by atoms with Crippen LogP contribution in [0, 0.1) is 0 Å². The van der Waals surface area contributed by atoms with E-state index < -0.39 is 0 Å². The van der Waals surface area contributed by atoms with Gasteiger partial charge in [0.2, 0.25) is 0 Å². The van der Waals surface area contributed by atoms with Crippen molar-refractivity contribution in [1.82, 2.24) is 9.80 Å². The molecular formula is C15H22N2OS. The molecule has 0 saturated carbocycles. The number of likely N-dealkylation sites (tertiary alicyclic amines) is 1. The summed E-state index contributed by atoms with van der Waals surface area (Å²) in [5.74, 6) is 0.103. The van der Waals surface area contributed by atoms with Crippen LogP contribution in [0.4, 0.5) is 0 Å². The Balaban J connectivity index is 2.00. The number of benzene rings is 1. The molecule has 0 spiro atoms. The highest BCUT2D eigenvalue weighted by Gasteiger charge is 2.25. The normalized spacial score (nSPS) is 17.4. The average Bonchev–Trinajstić information content (AvgIpc) is 2.46. The lowest BCUT2D eigenvalue weighted by atomic mass is 10.0. The molecule has 1 fully saturated rings. The molecule has 1 amide bonds. The van der Waals surface area contributed by atoms with Gasteiger partial charge in [-0.05, 0) is 37.6 Å². The van der Waals surface area contributed by atoms with E-state index in [1.807, 2.05) is 36.2 Å². The van der Waals surface area contributed by atoms with Gasteiger partial charge in [0.05, 0.1) is 0 Å². The number of carbonyl (C=O) groups excluding carboxylic acids is 1. The quantitative estimate of drug-likeness (QED) is 0.859. The Morgan fingerprint density at radius 1 is 1.42 bits per heavy atom. The summed E-state index contributed by atoms with van der Waals surface area (Å²) in [6, 6.07) is 7.82. The lowest BCUT2D eigenvalue weighted by molar-refractivity contribution is 0.0646. The molecule has 0 N–H and O–H groups in total. The summed E-state index contributed by atoms with van der Waals surface area (Å²) in [7, 11) is 1.92. The van der Waals surface area contributed by atoms with Gasteiger partial charge in [0, 0.05) is 36.6 Å². The van der Waals surface area contributed by atoms with Gasteiger partial charge in [-0.3, -0.25) is 4.79 Å². The summed E-state index contributed by atoms with van der Waals surface area (Å²) in [6.45, 7) is 5.47. The fourth-order valence-electron chi connectivity index (χ4n) is 2.63. The van der Waals surface area contributed by atoms with Crippen LogP contribution in [0.15, 0.2) is 29.2 Å². The molecule has 1 heterocycles. The lowest BCUT2D eigenvalue weighted by Gasteiger charge is -2.36. The van der Waals surface area contributed by atoms with Gasteiger partial charge < -0.3 is 9.80 Å². The van der Waals surface area contributed by atoms with Crippen LogP contribution in [0.25, 0.3) is 0 Å². The van der Waals surface area contributed by atoms with Crippen LogP contribution in [0.3, 0.4) is 0 Å². The predicted octanol–water partition coefficient (Wildman–Crippen LogP) is 2.53. The number of carbonyl (C=O) groups is 1. The molecule has 0 aliphatic carbocycles. The van der Waals surface area contributed by atoms with Gasteiger partial charge >= 0.3 is 0 Å². The van der Waals surface area contributed by atoms with Crippen LogP contribution < -0.4 is 0 Å². The second-order valence-electron chi connectivity index (χ2n) is 5.13. The average molecular weight is 278 g/mol. The highest BCUT2D eigenvalue weighted by molar-refractivity contribution is 7.80. The van der Waals surface area contributed by atoms with Crippen LogP contribution in [-0.4, -0.2) is 48.4 Å². The van der Waals surface area contributed by atoms with Gasteiger partial charge in [-0.2, -0.15) is 0 Å². The fraction of sp³-hybridized carbons (Fsp3) is 0.533. The first-order chi connectivity index (χ1) is 9.11. The third kappa shape index (κ3) is 3.51. The van der Waals surface area contributed by atoms with Gasteiger partial charge in [0.15, 0.2) is 0 Å². The Hall–Kier alpha value is -1.00. The molecule has 2 rings (SSSR count). The number of nitrogens with zero attached hydrogens (tertiary/aromatic N) is 2. The number of rotatable bonds is 3. The largest absolute Gasteiger partial charge is 0.339 e. The molecule has 104 valence electrons. The molecule has 1 aromatic carbocycles. The van der Waals surface area contributed by atoms with E-state index in [0.29, 0.717) is 6.04 Å². The molecule has 0 atom stereocenters. The molecule has 3 nitrogen and oxygen atoms in total. The summed E-state index contributed by atoms with van der Waals surface area (Å²) in [5.41, 5.74) is 0.730. The van der Waals surface area contributed by atoms with Crippen molar-refractivity contribution in [2.75, 3.05) is 26.7 Å². The van der Waals surface area contributed by atoms with Crippen molar-refractivity contribution in [2.24, 2.45) is 0 Å². The third-order valence-electron chi connectivity index (χ3n) is 3.97. The first-order valence-corrected chi connectivity index (χ1v) is 7.35. The zero-order chi connectivity index (χ0) is 13.8. The first-order valence-electron chi connectivity index (χ1n) is 6.90. The first kappa shape index (κ1) is 14.4. The zero-order valence-electron chi connectivity index (χ0n) is 11.7. The van der Waals surface area contributed by atoms with Crippen molar-refractivity contribution in [3.63, 3.8) is 0 Å². The number of hydrogen-bond acceptors (Lipinski definition) is 3. The summed E-state index contributed by atoms with van der Waals surface area (Å²) < 4.78 is 0. The predicted molar refractivity (Wildman–Crippen MR) is 80.9 cm³/mol. The Morgan fingerprint density at radius 2 is 2.11 bits per heavy atom. The van der Waals surface area contributed by atoms with Gasteiger partial charge in [-0.15, -0.1) is 12.6 Å². The molecular weight excluding hydrogens is 256 g/mol. The molecule has 4 heteroatoms. The molecule has 0 unspecified atom stereocenters. The number of thiol groups is 1. The Labute approximate surface area is 121 Å². The maximum atomic E-state index is 12.4. The van der Waals surface area contributed by atoms with Crippen molar-refractivity contribution < 1.29 is 4.79 Å². The smallest absolute Gasteiger partial charge is 0.253 e. The molecule has 1 aromatic rings. The minimum Gasteiger partial charge on any atom is -0.339 e. The highest BCUT2D eigenvalue weighted by atomic mass is 32.1. The van der Waals surface area contributed by atoms with Crippen LogP contribution in [-0.2, 0) is 0 Å². The van der Waals surface area contributed by atoms with Crippen molar-refractivity contribution in [3.8, 4) is 0 Å². The summed E-state index contributed by atoms with van der Waals surface area (Å²) >= 11 is 4.29. The SMILES string of the molecule is CCN1CCC(N(C)C(=O)c2cccc(S)c2)CC1. The van der Waals surface area contributed by atoms with E-state index in [1.54, 1.807) is 0 Å². The molecule has 0 aromatic heterocycles. The molecule has 0 bridgehead atoms. The van der Waals surface area contributed by atoms with E-state index in [0.717, 1.165) is 42.9 Å². The Kier molecular flexibility index (Phi) is 4.88. The molecule has 1 saturated heterocycles. The maximum Gasteiger partial charge on any atom is 0.253 e. The van der Waals surface area contributed by atoms with Crippen LogP contribution >= 0.6 is 12.6 Å². The fourth-order valence-corrected chi connectivity index (χ4v) is 2.86. The van der Waals surface area contributed by atoms with Crippen LogP contribution in [0.1, 0.15) is 30.1 Å². The minimum absolute atomic E-state index is 0.103. The second-order valence-corrected chi connectivity index (χ2v) is 5.65. The van der Waals surface area contributed by atoms with Crippen molar-refractivity contribution in [3.05, 3.63) is 29.8 Å². The van der Waals surface area contributed by atoms with Gasteiger partial charge in [0.1, 0.15) is 0 Å². The minimum atomic E-state index is 0.103. The zero-order valence-corrected chi connectivity index (χ0v) is 12.6. The van der Waals surface area contributed by atoms with E-state index in [9.17, 15) is 4.79 Å². The van der Waals surface area contributed by atoms with Gasteiger partial charge in [-0.1, -0.05) is 13.0 Å². The summed E-state index contributed by atoms with van der Waals surface area (Å²) in [6.07, 6.45) is 2.13. The topological polar surface area (TPSA) is 23.6 Å². The Bertz CT molecular complexity index is 442. The van der Waals surface area contributed by atoms with E-state index in [1.165, 1.54) is 0 Å². The monoisotopic (exact) mass is 278 g/mol. The van der Waals surface area contributed by atoms with Gasteiger partial charge in [-0.25, -0.2) is 0 Å². The van der Waals surface area contributed by atoms with Crippen molar-refractivity contribution in [2.45, 2.75) is 30.7 Å². The standard InChI is InChI=1S/C15H22N2OS/c1-3-17-9-7-13(8-10-17)16(2)15(18)12-5-4-6-14(19)11-12/h4-6,11,13,19H,3,7-10H2,1-2H3. The van der Waals surface area contributed by atoms with E-state index in [2.05, 4.69) is 24.5 Å². The van der Waals surface area contributed by atoms with Crippen molar-refractivity contribution in [1.29, 1.82) is 0 Å². The van der Waals surface area contributed by atoms with E-state index >= 15 is 0 Å². The van der Waals surface area contributed by atoms with E-state index in [-0.39, 0.29) is 5.91 Å². The summed E-state index contributed by atoms with van der Waals surface area (Å²) in [4.78, 5) is 17.6. The lowest BCUT2D eigenvalue weighted by Crippen LogP contribution is -2.45. The molecule has 1 aliphatic heterocycles. The third-order valence-corrected chi connectivity index (χ3v) is 4.24. The van der Waals surface area contributed by atoms with Crippen molar-refractivity contribution >= 4 is 18.5 Å². The van der Waals surface area contributed by atoms with E-state index in [4.69, 9.17) is 0 Å². The highest BCUT2D eigenvalue weighted by Crippen LogP contribution is 2.18. The Morgan fingerprint density at radius 3 is 2.68 bits per heavy atom. The number of hydrogen-bond donors (Lipinski definition) is 1. The number of amides is 1. The molecule has 1 aliphatic rings. The second kappa shape index (κ2) is 6.44.